The van der Waals surface area contributed by atoms with Gasteiger partial charge in [0.2, 0.25) is 11.8 Å². The van der Waals surface area contributed by atoms with E-state index in [0.29, 0.717) is 12.8 Å². The number of hydrogen-bond acceptors (Lipinski definition) is 5. The lowest BCUT2D eigenvalue weighted by molar-refractivity contribution is -0.154. The number of esters is 1. The van der Waals surface area contributed by atoms with Crippen molar-refractivity contribution in [3.8, 4) is 0 Å². The molecule has 0 bridgehead atoms. The average Bonchev–Trinajstić information content (AvgIpc) is 2.88. The number of ether oxygens (including phenoxy) is 1. The van der Waals surface area contributed by atoms with Gasteiger partial charge in [0.05, 0.1) is 22.5 Å². The van der Waals surface area contributed by atoms with Crippen LogP contribution in [0.1, 0.15) is 12.8 Å². The maximum absolute atomic E-state index is 13.0. The van der Waals surface area contributed by atoms with Crippen molar-refractivity contribution in [1.29, 1.82) is 0 Å². The van der Waals surface area contributed by atoms with Crippen LogP contribution >= 0.6 is 11.6 Å². The summed E-state index contributed by atoms with van der Waals surface area (Å²) in [7, 11) is 0. The summed E-state index contributed by atoms with van der Waals surface area (Å²) in [6.07, 6.45) is 4.64. The largest absolute Gasteiger partial charge is 0.454 e. The monoisotopic (exact) mass is 394 g/mol. The van der Waals surface area contributed by atoms with E-state index in [0.717, 1.165) is 17.0 Å². The van der Waals surface area contributed by atoms with Gasteiger partial charge in [-0.05, 0) is 31.0 Å². The van der Waals surface area contributed by atoms with Crippen molar-refractivity contribution in [2.24, 2.45) is 11.8 Å². The van der Waals surface area contributed by atoms with Gasteiger partial charge in [0.15, 0.2) is 6.61 Å². The van der Waals surface area contributed by atoms with Gasteiger partial charge in [-0.25, -0.2) is 4.39 Å². The predicted octanol–water partition coefficient (Wildman–Crippen LogP) is 1.91. The second-order valence-corrected chi connectivity index (χ2v) is 6.66. The molecule has 1 aliphatic carbocycles. The zero-order valence-corrected chi connectivity index (χ0v) is 14.9. The first-order chi connectivity index (χ1) is 12.9. The lowest BCUT2D eigenvalue weighted by atomic mass is 9.85. The molecule has 1 aromatic carbocycles. The lowest BCUT2D eigenvalue weighted by Gasteiger charge is -2.14. The molecule has 3 amide bonds. The number of halogens is 2. The van der Waals surface area contributed by atoms with Crippen LogP contribution in [0.3, 0.4) is 0 Å². The van der Waals surface area contributed by atoms with Gasteiger partial charge in [0.25, 0.3) is 5.91 Å². The Morgan fingerprint density at radius 1 is 1.19 bits per heavy atom. The van der Waals surface area contributed by atoms with E-state index in [-0.39, 0.29) is 10.7 Å². The molecule has 1 aromatic rings. The van der Waals surface area contributed by atoms with Crippen LogP contribution in [0.15, 0.2) is 30.4 Å². The normalized spacial score (nSPS) is 21.2. The summed E-state index contributed by atoms with van der Waals surface area (Å²) in [5, 5.41) is 2.37. The maximum Gasteiger partial charge on any atom is 0.326 e. The van der Waals surface area contributed by atoms with Gasteiger partial charge in [-0.2, -0.15) is 0 Å². The molecule has 1 saturated heterocycles. The summed E-state index contributed by atoms with van der Waals surface area (Å²) in [6, 6.07) is 3.42. The van der Waals surface area contributed by atoms with E-state index in [2.05, 4.69) is 5.32 Å². The Bertz CT molecular complexity index is 815. The van der Waals surface area contributed by atoms with E-state index in [4.69, 9.17) is 16.3 Å². The fraction of sp³-hybridized carbons (Fsp3) is 0.333. The first-order valence-electron chi connectivity index (χ1n) is 8.27. The number of carbonyl (C=O) groups excluding carboxylic acids is 4. The molecular formula is C18H16ClFN2O5. The number of rotatable bonds is 5. The molecule has 1 N–H and O–H groups in total. The number of hydrogen-bond donors (Lipinski definition) is 1. The number of anilines is 1. The van der Waals surface area contributed by atoms with Crippen LogP contribution in [0.4, 0.5) is 10.1 Å². The number of benzene rings is 1. The van der Waals surface area contributed by atoms with Crippen molar-refractivity contribution in [2.75, 3.05) is 18.5 Å². The molecule has 9 heteroatoms. The van der Waals surface area contributed by atoms with Gasteiger partial charge in [0, 0.05) is 0 Å². The minimum absolute atomic E-state index is 0.000786. The fourth-order valence-electron chi connectivity index (χ4n) is 3.12. The fourth-order valence-corrected chi connectivity index (χ4v) is 3.34. The molecule has 2 aliphatic rings. The minimum atomic E-state index is -0.872. The molecule has 3 rings (SSSR count). The molecule has 1 aliphatic heterocycles. The van der Waals surface area contributed by atoms with Gasteiger partial charge in [-0.1, -0.05) is 23.8 Å². The Kier molecular flexibility index (Phi) is 5.55. The van der Waals surface area contributed by atoms with Crippen LogP contribution in [0.25, 0.3) is 0 Å². The number of imide groups is 1. The van der Waals surface area contributed by atoms with E-state index in [1.54, 1.807) is 0 Å². The molecule has 0 aromatic heterocycles. The van der Waals surface area contributed by atoms with E-state index in [9.17, 15) is 23.6 Å². The SMILES string of the molecule is O=C(COC(=O)CN1C(=O)[C@@H]2CC=CC[C@H]2C1=O)Nc1ccc(F)cc1Cl. The lowest BCUT2D eigenvalue weighted by Crippen LogP contribution is -2.37. The van der Waals surface area contributed by atoms with Gasteiger partial charge < -0.3 is 10.1 Å². The number of likely N-dealkylation sites (tertiary alicyclic amines) is 1. The topological polar surface area (TPSA) is 92.8 Å². The first-order valence-corrected chi connectivity index (χ1v) is 8.65. The van der Waals surface area contributed by atoms with Crippen molar-refractivity contribution >= 4 is 41.0 Å². The summed E-state index contributed by atoms with van der Waals surface area (Å²) in [5.41, 5.74) is 0.167. The quantitative estimate of drug-likeness (QED) is 0.468. The number of fused-ring (bicyclic) bond motifs is 1. The second kappa shape index (κ2) is 7.87. The van der Waals surface area contributed by atoms with Gasteiger partial charge in [-0.3, -0.25) is 24.1 Å². The van der Waals surface area contributed by atoms with Crippen molar-refractivity contribution in [1.82, 2.24) is 4.90 Å². The number of nitrogens with one attached hydrogen (secondary N) is 1. The Hall–Kier alpha value is -2.74. The summed E-state index contributed by atoms with van der Waals surface area (Å²) >= 11 is 5.79. The standard InChI is InChI=1S/C18H16ClFN2O5/c19-13-7-10(20)5-6-14(13)21-15(23)9-27-16(24)8-22-17(25)11-3-1-2-4-12(11)18(22)26/h1-2,5-7,11-12H,3-4,8-9H2,(H,21,23)/t11-,12-/m1/s1. The van der Waals surface area contributed by atoms with Gasteiger partial charge >= 0.3 is 5.97 Å². The Morgan fingerprint density at radius 3 is 2.41 bits per heavy atom. The van der Waals surface area contributed by atoms with Crippen LogP contribution in [0, 0.1) is 17.7 Å². The van der Waals surface area contributed by atoms with Crippen LogP contribution < -0.4 is 5.32 Å². The van der Waals surface area contributed by atoms with Crippen molar-refractivity contribution in [3.63, 3.8) is 0 Å². The highest BCUT2D eigenvalue weighted by Crippen LogP contribution is 2.34. The van der Waals surface area contributed by atoms with E-state index in [1.807, 2.05) is 12.2 Å². The second-order valence-electron chi connectivity index (χ2n) is 6.25. The summed E-state index contributed by atoms with van der Waals surface area (Å²) in [5.74, 6) is -3.77. The van der Waals surface area contributed by atoms with Crippen LogP contribution in [-0.2, 0) is 23.9 Å². The highest BCUT2D eigenvalue weighted by Gasteiger charge is 2.47. The molecule has 2 atom stereocenters. The average molecular weight is 395 g/mol. The number of amides is 3. The molecule has 7 nitrogen and oxygen atoms in total. The molecule has 0 radical (unpaired) electrons. The predicted molar refractivity (Wildman–Crippen MR) is 93.1 cm³/mol. The van der Waals surface area contributed by atoms with E-state index in [1.165, 1.54) is 6.07 Å². The Balaban J connectivity index is 1.50. The molecule has 142 valence electrons. The smallest absolute Gasteiger partial charge is 0.326 e. The number of carbonyl (C=O) groups is 4. The number of nitrogens with zero attached hydrogens (tertiary/aromatic N) is 1. The van der Waals surface area contributed by atoms with Crippen LogP contribution in [-0.4, -0.2) is 41.7 Å². The van der Waals surface area contributed by atoms with Gasteiger partial charge in [0.1, 0.15) is 12.4 Å². The Labute approximate surface area is 159 Å². The van der Waals surface area contributed by atoms with Crippen molar-refractivity contribution in [3.05, 3.63) is 41.2 Å². The molecule has 0 unspecified atom stereocenters. The van der Waals surface area contributed by atoms with E-state index < -0.39 is 54.5 Å². The zero-order valence-electron chi connectivity index (χ0n) is 14.1. The Morgan fingerprint density at radius 2 is 1.81 bits per heavy atom. The summed E-state index contributed by atoms with van der Waals surface area (Å²) in [6.45, 7) is -1.16. The maximum atomic E-state index is 13.0. The van der Waals surface area contributed by atoms with Gasteiger partial charge in [-0.15, -0.1) is 0 Å². The molecule has 27 heavy (non-hydrogen) atoms. The van der Waals surface area contributed by atoms with Crippen LogP contribution in [0.2, 0.25) is 5.02 Å². The summed E-state index contributed by atoms with van der Waals surface area (Å²) < 4.78 is 17.8. The third-order valence-corrected chi connectivity index (χ3v) is 4.77. The third-order valence-electron chi connectivity index (χ3n) is 4.46. The molecular weight excluding hydrogens is 379 g/mol. The first kappa shape index (κ1) is 19.0. The van der Waals surface area contributed by atoms with Crippen molar-refractivity contribution in [2.45, 2.75) is 12.8 Å². The third kappa shape index (κ3) is 4.16. The molecule has 1 fully saturated rings. The highest BCUT2D eigenvalue weighted by atomic mass is 35.5. The minimum Gasteiger partial charge on any atom is -0.454 e. The van der Waals surface area contributed by atoms with Crippen molar-refractivity contribution < 1.29 is 28.3 Å². The molecule has 1 heterocycles. The highest BCUT2D eigenvalue weighted by molar-refractivity contribution is 6.33. The zero-order chi connectivity index (χ0) is 19.6. The molecule has 0 spiro atoms. The molecule has 0 saturated carbocycles. The summed E-state index contributed by atoms with van der Waals surface area (Å²) in [4.78, 5) is 49.2. The van der Waals surface area contributed by atoms with Crippen LogP contribution in [0.5, 0.6) is 0 Å². The van der Waals surface area contributed by atoms with E-state index >= 15 is 0 Å². The number of allylic oxidation sites excluding steroid dienone is 2.